The Kier molecular flexibility index (Phi) is 5.65. The van der Waals surface area contributed by atoms with Crippen LogP contribution in [0, 0.1) is 5.92 Å². The van der Waals surface area contributed by atoms with Crippen molar-refractivity contribution in [1.82, 2.24) is 5.32 Å². The minimum Gasteiger partial charge on any atom is -0.480 e. The Morgan fingerprint density at radius 3 is 2.87 bits per heavy atom. The third kappa shape index (κ3) is 5.74. The molecule has 1 aliphatic rings. The van der Waals surface area contributed by atoms with Crippen LogP contribution in [0.5, 0.6) is 0 Å². The molecule has 0 spiro atoms. The Morgan fingerprint density at radius 1 is 1.60 bits per heavy atom. The van der Waals surface area contributed by atoms with Gasteiger partial charge < -0.3 is 15.2 Å². The standard InChI is InChI=1S/C11H21NO3/c1-2-3-10(11(13)14)12-6-7-15-8-9-4-5-9/h9-10,12H,2-8H2,1H3,(H,13,14). The van der Waals surface area contributed by atoms with E-state index in [2.05, 4.69) is 5.32 Å². The van der Waals surface area contributed by atoms with Crippen LogP contribution in [0.4, 0.5) is 0 Å². The van der Waals surface area contributed by atoms with E-state index in [0.717, 1.165) is 18.9 Å². The zero-order valence-corrected chi connectivity index (χ0v) is 9.37. The van der Waals surface area contributed by atoms with E-state index in [9.17, 15) is 4.79 Å². The van der Waals surface area contributed by atoms with Gasteiger partial charge in [-0.15, -0.1) is 0 Å². The van der Waals surface area contributed by atoms with E-state index in [1.807, 2.05) is 6.92 Å². The molecule has 1 rings (SSSR count). The first-order valence-electron chi connectivity index (χ1n) is 5.78. The molecule has 0 aromatic carbocycles. The van der Waals surface area contributed by atoms with Crippen LogP contribution in [0.15, 0.2) is 0 Å². The molecule has 15 heavy (non-hydrogen) atoms. The molecule has 0 saturated heterocycles. The highest BCUT2D eigenvalue weighted by atomic mass is 16.5. The number of rotatable bonds is 9. The number of ether oxygens (including phenoxy) is 1. The Hall–Kier alpha value is -0.610. The number of aliphatic carboxylic acids is 1. The van der Waals surface area contributed by atoms with Crippen molar-refractivity contribution in [1.29, 1.82) is 0 Å². The first-order valence-corrected chi connectivity index (χ1v) is 5.78. The maximum absolute atomic E-state index is 10.8. The lowest BCUT2D eigenvalue weighted by Gasteiger charge is -2.13. The minimum atomic E-state index is -0.765. The van der Waals surface area contributed by atoms with Gasteiger partial charge in [0, 0.05) is 13.2 Å². The van der Waals surface area contributed by atoms with E-state index in [-0.39, 0.29) is 0 Å². The third-order valence-corrected chi connectivity index (χ3v) is 2.56. The van der Waals surface area contributed by atoms with Crippen LogP contribution in [-0.4, -0.2) is 36.9 Å². The number of carboxylic acid groups (broad SMARTS) is 1. The normalized spacial score (nSPS) is 17.7. The zero-order valence-electron chi connectivity index (χ0n) is 9.37. The van der Waals surface area contributed by atoms with Crippen molar-refractivity contribution in [2.75, 3.05) is 19.8 Å². The van der Waals surface area contributed by atoms with Gasteiger partial charge in [0.1, 0.15) is 6.04 Å². The highest BCUT2D eigenvalue weighted by Gasteiger charge is 2.21. The summed E-state index contributed by atoms with van der Waals surface area (Å²) in [7, 11) is 0. The third-order valence-electron chi connectivity index (χ3n) is 2.56. The van der Waals surface area contributed by atoms with Crippen molar-refractivity contribution in [2.45, 2.75) is 38.6 Å². The summed E-state index contributed by atoms with van der Waals surface area (Å²) in [4.78, 5) is 10.8. The lowest BCUT2D eigenvalue weighted by atomic mass is 10.2. The molecule has 1 saturated carbocycles. The van der Waals surface area contributed by atoms with Crippen LogP contribution in [0.25, 0.3) is 0 Å². The van der Waals surface area contributed by atoms with Crippen LogP contribution in [0.2, 0.25) is 0 Å². The molecule has 0 aromatic rings. The van der Waals surface area contributed by atoms with Gasteiger partial charge in [0.25, 0.3) is 0 Å². The average Bonchev–Trinajstić information content (AvgIpc) is 2.99. The molecule has 0 radical (unpaired) electrons. The molecule has 0 aliphatic heterocycles. The maximum Gasteiger partial charge on any atom is 0.320 e. The van der Waals surface area contributed by atoms with Crippen molar-refractivity contribution in [3.8, 4) is 0 Å². The van der Waals surface area contributed by atoms with Gasteiger partial charge >= 0.3 is 5.97 Å². The predicted octanol–water partition coefficient (Wildman–Crippen LogP) is 1.26. The monoisotopic (exact) mass is 215 g/mol. The van der Waals surface area contributed by atoms with Crippen LogP contribution < -0.4 is 5.32 Å². The Balaban J connectivity index is 1.96. The molecule has 1 atom stereocenters. The second-order valence-electron chi connectivity index (χ2n) is 4.15. The van der Waals surface area contributed by atoms with Crippen molar-refractivity contribution in [3.63, 3.8) is 0 Å². The van der Waals surface area contributed by atoms with Gasteiger partial charge in [-0.25, -0.2) is 0 Å². The molecule has 0 aromatic heterocycles. The van der Waals surface area contributed by atoms with Crippen molar-refractivity contribution < 1.29 is 14.6 Å². The van der Waals surface area contributed by atoms with Crippen molar-refractivity contribution >= 4 is 5.97 Å². The fraction of sp³-hybridized carbons (Fsp3) is 0.909. The van der Waals surface area contributed by atoms with Gasteiger partial charge in [-0.2, -0.15) is 0 Å². The maximum atomic E-state index is 10.8. The van der Waals surface area contributed by atoms with Crippen LogP contribution >= 0.6 is 0 Å². The number of hydrogen-bond acceptors (Lipinski definition) is 3. The van der Waals surface area contributed by atoms with E-state index in [1.165, 1.54) is 12.8 Å². The molecule has 1 fully saturated rings. The van der Waals surface area contributed by atoms with E-state index >= 15 is 0 Å². The molecule has 2 N–H and O–H groups in total. The molecule has 0 heterocycles. The Bertz CT molecular complexity index is 192. The summed E-state index contributed by atoms with van der Waals surface area (Å²) in [6.07, 6.45) is 4.15. The lowest BCUT2D eigenvalue weighted by Crippen LogP contribution is -2.38. The first-order chi connectivity index (χ1) is 7.24. The molecule has 4 heteroatoms. The van der Waals surface area contributed by atoms with E-state index < -0.39 is 12.0 Å². The predicted molar refractivity (Wildman–Crippen MR) is 57.9 cm³/mol. The molecular weight excluding hydrogens is 194 g/mol. The highest BCUT2D eigenvalue weighted by molar-refractivity contribution is 5.73. The molecule has 1 unspecified atom stereocenters. The molecule has 88 valence electrons. The second kappa shape index (κ2) is 6.80. The van der Waals surface area contributed by atoms with Gasteiger partial charge in [-0.1, -0.05) is 13.3 Å². The number of carboxylic acids is 1. The highest BCUT2D eigenvalue weighted by Crippen LogP contribution is 2.28. The number of hydrogen-bond donors (Lipinski definition) is 2. The van der Waals surface area contributed by atoms with Gasteiger partial charge in [-0.05, 0) is 25.2 Å². The van der Waals surface area contributed by atoms with Gasteiger partial charge in [0.15, 0.2) is 0 Å². The SMILES string of the molecule is CCCC(NCCOCC1CC1)C(=O)O. The van der Waals surface area contributed by atoms with E-state index in [4.69, 9.17) is 9.84 Å². The lowest BCUT2D eigenvalue weighted by molar-refractivity contribution is -0.139. The Labute approximate surface area is 91.0 Å². The van der Waals surface area contributed by atoms with Gasteiger partial charge in [0.05, 0.1) is 6.61 Å². The van der Waals surface area contributed by atoms with Crippen molar-refractivity contribution in [2.24, 2.45) is 5.92 Å². The number of nitrogens with one attached hydrogen (secondary N) is 1. The topological polar surface area (TPSA) is 58.6 Å². The summed E-state index contributed by atoms with van der Waals surface area (Å²) in [5, 5.41) is 11.8. The zero-order chi connectivity index (χ0) is 11.1. The second-order valence-corrected chi connectivity index (χ2v) is 4.15. The van der Waals surface area contributed by atoms with Crippen LogP contribution in [0.1, 0.15) is 32.6 Å². The fourth-order valence-corrected chi connectivity index (χ4v) is 1.44. The average molecular weight is 215 g/mol. The molecule has 0 amide bonds. The minimum absolute atomic E-state index is 0.417. The largest absolute Gasteiger partial charge is 0.480 e. The van der Waals surface area contributed by atoms with E-state index in [1.54, 1.807) is 0 Å². The Morgan fingerprint density at radius 2 is 2.33 bits per heavy atom. The quantitative estimate of drug-likeness (QED) is 0.568. The summed E-state index contributed by atoms with van der Waals surface area (Å²) >= 11 is 0. The molecule has 1 aliphatic carbocycles. The van der Waals surface area contributed by atoms with Crippen LogP contribution in [0.3, 0.4) is 0 Å². The summed E-state index contributed by atoms with van der Waals surface area (Å²) < 4.78 is 5.41. The summed E-state index contributed by atoms with van der Waals surface area (Å²) in [5.74, 6) is 0.00922. The molecular formula is C11H21NO3. The smallest absolute Gasteiger partial charge is 0.320 e. The molecule has 0 bridgehead atoms. The van der Waals surface area contributed by atoms with Gasteiger partial charge in [0.2, 0.25) is 0 Å². The van der Waals surface area contributed by atoms with Crippen LogP contribution in [-0.2, 0) is 9.53 Å². The summed E-state index contributed by atoms with van der Waals surface area (Å²) in [6, 6.07) is -0.417. The summed E-state index contributed by atoms with van der Waals surface area (Å²) in [6.45, 7) is 4.07. The van der Waals surface area contributed by atoms with E-state index in [0.29, 0.717) is 19.6 Å². The first kappa shape index (κ1) is 12.5. The van der Waals surface area contributed by atoms with Crippen molar-refractivity contribution in [3.05, 3.63) is 0 Å². The summed E-state index contributed by atoms with van der Waals surface area (Å²) in [5.41, 5.74) is 0. The van der Waals surface area contributed by atoms with Gasteiger partial charge in [-0.3, -0.25) is 4.79 Å². The number of carbonyl (C=O) groups is 1. The fourth-order valence-electron chi connectivity index (χ4n) is 1.44. The molecule has 4 nitrogen and oxygen atoms in total.